The van der Waals surface area contributed by atoms with Crippen LogP contribution in [0.1, 0.15) is 43.9 Å². The van der Waals surface area contributed by atoms with Gasteiger partial charge in [-0.05, 0) is 43.4 Å². The number of hydrogen-bond acceptors (Lipinski definition) is 3. The molecule has 1 aliphatic heterocycles. The maximum absolute atomic E-state index is 12.4. The van der Waals surface area contributed by atoms with Crippen molar-refractivity contribution in [1.82, 2.24) is 19.8 Å². The molecule has 0 saturated carbocycles. The van der Waals surface area contributed by atoms with E-state index in [0.717, 1.165) is 12.5 Å². The van der Waals surface area contributed by atoms with Crippen molar-refractivity contribution in [2.24, 2.45) is 5.92 Å². The highest BCUT2D eigenvalue weighted by Crippen LogP contribution is 2.19. The Morgan fingerprint density at radius 1 is 1.36 bits per heavy atom. The summed E-state index contributed by atoms with van der Waals surface area (Å²) >= 11 is 0. The van der Waals surface area contributed by atoms with Crippen LogP contribution in [0.5, 0.6) is 0 Å². The van der Waals surface area contributed by atoms with Gasteiger partial charge in [0.15, 0.2) is 0 Å². The minimum Gasteiger partial charge on any atom is -0.350 e. The molecule has 134 valence electrons. The molecule has 0 unspecified atom stereocenters. The minimum atomic E-state index is -0.252. The van der Waals surface area contributed by atoms with Gasteiger partial charge in [0.1, 0.15) is 6.04 Å². The van der Waals surface area contributed by atoms with Crippen molar-refractivity contribution in [1.29, 1.82) is 0 Å². The second kappa shape index (κ2) is 8.30. The van der Waals surface area contributed by atoms with Crippen molar-refractivity contribution in [2.75, 3.05) is 13.1 Å². The second-order valence-electron chi connectivity index (χ2n) is 7.15. The zero-order chi connectivity index (χ0) is 17.6. The van der Waals surface area contributed by atoms with Crippen LogP contribution in [0.4, 0.5) is 0 Å². The average Bonchev–Trinajstić information content (AvgIpc) is 3.15. The topological polar surface area (TPSA) is 50.2 Å². The predicted molar refractivity (Wildman–Crippen MR) is 98.9 cm³/mol. The predicted octanol–water partition coefficient (Wildman–Crippen LogP) is 2.99. The zero-order valence-electron chi connectivity index (χ0n) is 15.2. The van der Waals surface area contributed by atoms with Crippen LogP contribution in [-0.4, -0.2) is 33.4 Å². The molecule has 0 bridgehead atoms. The molecule has 2 atom stereocenters. The summed E-state index contributed by atoms with van der Waals surface area (Å²) in [6, 6.07) is 8.17. The maximum Gasteiger partial charge on any atom is 0.243 e. The number of carbonyl (C=O) groups excluding carboxylic acids is 1. The van der Waals surface area contributed by atoms with E-state index in [4.69, 9.17) is 0 Å². The number of amides is 1. The maximum atomic E-state index is 12.4. The average molecular weight is 340 g/mol. The molecule has 2 heterocycles. The summed E-state index contributed by atoms with van der Waals surface area (Å²) in [6.07, 6.45) is 7.80. The number of piperidine rings is 1. The summed E-state index contributed by atoms with van der Waals surface area (Å²) in [5, 5.41) is 3.07. The van der Waals surface area contributed by atoms with E-state index in [-0.39, 0.29) is 11.9 Å². The summed E-state index contributed by atoms with van der Waals surface area (Å²) in [4.78, 5) is 18.9. The van der Waals surface area contributed by atoms with Gasteiger partial charge in [0, 0.05) is 32.0 Å². The number of hydrogen-bond donors (Lipinski definition) is 1. The van der Waals surface area contributed by atoms with Crippen LogP contribution < -0.4 is 5.32 Å². The number of likely N-dealkylation sites (tertiary alicyclic amines) is 1. The minimum absolute atomic E-state index is 0.0133. The molecule has 25 heavy (non-hydrogen) atoms. The van der Waals surface area contributed by atoms with Crippen molar-refractivity contribution >= 4 is 5.91 Å². The monoisotopic (exact) mass is 340 g/mol. The Balaban J connectivity index is 1.60. The van der Waals surface area contributed by atoms with E-state index in [0.29, 0.717) is 6.54 Å². The van der Waals surface area contributed by atoms with Crippen LogP contribution in [0.3, 0.4) is 0 Å². The molecule has 5 nitrogen and oxygen atoms in total. The molecule has 1 saturated heterocycles. The number of nitrogens with zero attached hydrogens (tertiary/aromatic N) is 3. The number of imidazole rings is 1. The van der Waals surface area contributed by atoms with Crippen LogP contribution >= 0.6 is 0 Å². The van der Waals surface area contributed by atoms with Crippen molar-refractivity contribution in [3.8, 4) is 0 Å². The molecule has 1 aromatic carbocycles. The number of nitrogens with one attached hydrogen (secondary N) is 1. The highest BCUT2D eigenvalue weighted by Gasteiger charge is 2.18. The number of rotatable bonds is 6. The summed E-state index contributed by atoms with van der Waals surface area (Å²) in [6.45, 7) is 8.08. The smallest absolute Gasteiger partial charge is 0.243 e. The molecule has 0 radical (unpaired) electrons. The Bertz CT molecular complexity index is 683. The normalized spacial score (nSPS) is 19.5. The van der Waals surface area contributed by atoms with Gasteiger partial charge in [-0.15, -0.1) is 0 Å². The zero-order valence-corrected chi connectivity index (χ0v) is 15.2. The third kappa shape index (κ3) is 4.69. The Hall–Kier alpha value is -2.14. The molecule has 1 amide bonds. The number of aromatic nitrogens is 2. The third-order valence-corrected chi connectivity index (χ3v) is 5.06. The first-order chi connectivity index (χ1) is 12.1. The van der Waals surface area contributed by atoms with Gasteiger partial charge in [0.2, 0.25) is 5.91 Å². The van der Waals surface area contributed by atoms with Gasteiger partial charge in [0.05, 0.1) is 6.33 Å². The van der Waals surface area contributed by atoms with Gasteiger partial charge in [0.25, 0.3) is 0 Å². The van der Waals surface area contributed by atoms with E-state index in [1.807, 2.05) is 23.8 Å². The summed E-state index contributed by atoms with van der Waals surface area (Å²) in [5.41, 5.74) is 2.51. The molecule has 1 aliphatic rings. The lowest BCUT2D eigenvalue weighted by atomic mass is 9.99. The molecule has 3 rings (SSSR count). The van der Waals surface area contributed by atoms with Gasteiger partial charge in [-0.25, -0.2) is 4.98 Å². The Morgan fingerprint density at radius 3 is 2.88 bits per heavy atom. The summed E-state index contributed by atoms with van der Waals surface area (Å²) < 4.78 is 1.82. The lowest BCUT2D eigenvalue weighted by molar-refractivity contribution is -0.124. The van der Waals surface area contributed by atoms with Crippen LogP contribution in [0.25, 0.3) is 0 Å². The highest BCUT2D eigenvalue weighted by molar-refractivity contribution is 5.79. The van der Waals surface area contributed by atoms with Crippen LogP contribution in [0.15, 0.2) is 43.0 Å². The molecule has 1 fully saturated rings. The first-order valence-corrected chi connectivity index (χ1v) is 9.18. The molecule has 5 heteroatoms. The van der Waals surface area contributed by atoms with Gasteiger partial charge in [-0.3, -0.25) is 9.69 Å². The van der Waals surface area contributed by atoms with Crippen LogP contribution in [0, 0.1) is 5.92 Å². The fraction of sp³-hybridized carbons (Fsp3) is 0.500. The van der Waals surface area contributed by atoms with E-state index in [2.05, 4.69) is 40.3 Å². The number of carbonyl (C=O) groups is 1. The molecular weight excluding hydrogens is 312 g/mol. The SMILES string of the molecule is C[C@@H]1CCCN(Cc2ccccc2CNC(=O)[C@@H](C)n2ccnc2)C1. The first kappa shape index (κ1) is 17.7. The largest absolute Gasteiger partial charge is 0.350 e. The van der Waals surface area contributed by atoms with E-state index >= 15 is 0 Å². The quantitative estimate of drug-likeness (QED) is 0.879. The van der Waals surface area contributed by atoms with E-state index in [9.17, 15) is 4.79 Å². The Kier molecular flexibility index (Phi) is 5.87. The summed E-state index contributed by atoms with van der Waals surface area (Å²) in [5.74, 6) is 0.788. The first-order valence-electron chi connectivity index (χ1n) is 9.18. The van der Waals surface area contributed by atoms with Gasteiger partial charge in [-0.1, -0.05) is 31.2 Å². The fourth-order valence-corrected chi connectivity index (χ4v) is 3.52. The molecule has 0 spiro atoms. The van der Waals surface area contributed by atoms with Crippen molar-refractivity contribution in [3.05, 3.63) is 54.1 Å². The highest BCUT2D eigenvalue weighted by atomic mass is 16.2. The Morgan fingerprint density at radius 2 is 2.16 bits per heavy atom. The molecule has 1 aromatic heterocycles. The van der Waals surface area contributed by atoms with Crippen molar-refractivity contribution in [3.63, 3.8) is 0 Å². The molecule has 2 aromatic rings. The van der Waals surface area contributed by atoms with Crippen molar-refractivity contribution < 1.29 is 4.79 Å². The second-order valence-corrected chi connectivity index (χ2v) is 7.15. The van der Waals surface area contributed by atoms with E-state index < -0.39 is 0 Å². The van der Waals surface area contributed by atoms with E-state index in [1.54, 1.807) is 12.5 Å². The molecule has 0 aliphatic carbocycles. The lowest BCUT2D eigenvalue weighted by Gasteiger charge is -2.31. The molecule has 1 N–H and O–H groups in total. The lowest BCUT2D eigenvalue weighted by Crippen LogP contribution is -2.34. The van der Waals surface area contributed by atoms with E-state index in [1.165, 1.54) is 37.1 Å². The van der Waals surface area contributed by atoms with Gasteiger partial charge in [-0.2, -0.15) is 0 Å². The third-order valence-electron chi connectivity index (χ3n) is 5.06. The van der Waals surface area contributed by atoms with Gasteiger partial charge >= 0.3 is 0 Å². The molecular formula is C20H28N4O. The van der Waals surface area contributed by atoms with Crippen molar-refractivity contribution in [2.45, 2.75) is 45.8 Å². The fourth-order valence-electron chi connectivity index (χ4n) is 3.52. The Labute approximate surface area is 150 Å². The van der Waals surface area contributed by atoms with Gasteiger partial charge < -0.3 is 9.88 Å². The standard InChI is InChI=1S/C20H28N4O/c1-16-6-5-10-23(13-16)14-19-8-4-3-7-18(19)12-22-20(25)17(2)24-11-9-21-15-24/h3-4,7-9,11,15-17H,5-6,10,12-14H2,1-2H3,(H,22,25)/t16-,17-/m1/s1. The summed E-state index contributed by atoms with van der Waals surface area (Å²) in [7, 11) is 0. The number of benzene rings is 1. The van der Waals surface area contributed by atoms with Crippen LogP contribution in [-0.2, 0) is 17.9 Å². The van der Waals surface area contributed by atoms with Crippen LogP contribution in [0.2, 0.25) is 0 Å².